The normalized spacial score (nSPS) is 20.1. The Balaban J connectivity index is 1.71. The molecule has 1 fully saturated rings. The van der Waals surface area contributed by atoms with E-state index in [-0.39, 0.29) is 6.61 Å². The molecule has 1 aliphatic heterocycles. The molecule has 1 N–H and O–H groups in total. The van der Waals surface area contributed by atoms with Gasteiger partial charge in [-0.3, -0.25) is 14.8 Å². The molecule has 0 bridgehead atoms. The van der Waals surface area contributed by atoms with E-state index in [0.29, 0.717) is 12.0 Å². The lowest BCUT2D eigenvalue weighted by atomic mass is 10.0. The highest BCUT2D eigenvalue weighted by atomic mass is 16.3. The first-order chi connectivity index (χ1) is 11.7. The van der Waals surface area contributed by atoms with Crippen molar-refractivity contribution in [2.45, 2.75) is 32.9 Å². The number of hydrogen-bond donors (Lipinski definition) is 1. The molecule has 130 valence electrons. The van der Waals surface area contributed by atoms with Gasteiger partial charge in [-0.25, -0.2) is 0 Å². The number of fused-ring (bicyclic) bond motifs is 1. The first kappa shape index (κ1) is 17.3. The molecule has 1 aliphatic rings. The molecule has 1 saturated heterocycles. The van der Waals surface area contributed by atoms with Crippen molar-refractivity contribution in [1.82, 2.24) is 14.8 Å². The molecule has 0 unspecified atom stereocenters. The Hall–Kier alpha value is -1.49. The van der Waals surface area contributed by atoms with E-state index >= 15 is 0 Å². The largest absolute Gasteiger partial charge is 0.396 e. The van der Waals surface area contributed by atoms with Gasteiger partial charge in [-0.2, -0.15) is 0 Å². The van der Waals surface area contributed by atoms with Crippen molar-refractivity contribution in [1.29, 1.82) is 0 Å². The fourth-order valence-corrected chi connectivity index (χ4v) is 3.77. The van der Waals surface area contributed by atoms with Crippen LogP contribution in [-0.2, 0) is 6.54 Å². The van der Waals surface area contributed by atoms with Crippen molar-refractivity contribution in [3.8, 4) is 0 Å². The summed E-state index contributed by atoms with van der Waals surface area (Å²) in [5.41, 5.74) is 2.41. The summed E-state index contributed by atoms with van der Waals surface area (Å²) in [6, 6.07) is 11.0. The molecule has 0 amide bonds. The number of piperazine rings is 1. The van der Waals surface area contributed by atoms with Gasteiger partial charge in [0.25, 0.3) is 0 Å². The summed E-state index contributed by atoms with van der Waals surface area (Å²) in [6.07, 6.45) is 2.73. The predicted molar refractivity (Wildman–Crippen MR) is 98.9 cm³/mol. The molecule has 3 rings (SSSR count). The van der Waals surface area contributed by atoms with Crippen LogP contribution in [0.2, 0.25) is 0 Å². The van der Waals surface area contributed by atoms with Crippen LogP contribution in [0, 0.1) is 5.92 Å². The molecule has 4 nitrogen and oxygen atoms in total. The van der Waals surface area contributed by atoms with E-state index < -0.39 is 0 Å². The third-order valence-electron chi connectivity index (χ3n) is 4.86. The minimum absolute atomic E-state index is 0.267. The Labute approximate surface area is 145 Å². The Morgan fingerprint density at radius 1 is 1.21 bits per heavy atom. The maximum atomic E-state index is 9.43. The van der Waals surface area contributed by atoms with Gasteiger partial charge < -0.3 is 5.11 Å². The third kappa shape index (κ3) is 4.12. The standard InChI is InChI=1S/C20H29N3O/c1-16(2)13-23-11-10-22(15-19(23)8-12-24)14-18-6-3-5-17-7-4-9-21-20(17)18/h3-7,9,16,19,24H,8,10-15H2,1-2H3/t19-/m1/s1. The predicted octanol–water partition coefficient (Wildman–Crippen LogP) is 2.76. The summed E-state index contributed by atoms with van der Waals surface area (Å²) >= 11 is 0. The second kappa shape index (κ2) is 8.06. The van der Waals surface area contributed by atoms with Crippen LogP contribution in [0.4, 0.5) is 0 Å². The lowest BCUT2D eigenvalue weighted by Gasteiger charge is -2.42. The summed E-state index contributed by atoms with van der Waals surface area (Å²) in [4.78, 5) is 9.65. The number of para-hydroxylation sites is 1. The number of benzene rings is 1. The molecule has 1 atom stereocenters. The number of aliphatic hydroxyl groups is 1. The number of aromatic nitrogens is 1. The van der Waals surface area contributed by atoms with Crippen LogP contribution in [0.15, 0.2) is 36.5 Å². The van der Waals surface area contributed by atoms with Crippen LogP contribution in [0.5, 0.6) is 0 Å². The smallest absolute Gasteiger partial charge is 0.0746 e. The fourth-order valence-electron chi connectivity index (χ4n) is 3.77. The number of rotatable bonds is 6. The minimum Gasteiger partial charge on any atom is -0.396 e. The first-order valence-electron chi connectivity index (χ1n) is 9.07. The van der Waals surface area contributed by atoms with Crippen molar-refractivity contribution in [2.75, 3.05) is 32.8 Å². The maximum absolute atomic E-state index is 9.43. The molecule has 24 heavy (non-hydrogen) atoms. The second-order valence-electron chi connectivity index (χ2n) is 7.28. The molecule has 2 heterocycles. The van der Waals surface area contributed by atoms with E-state index in [1.165, 1.54) is 10.9 Å². The van der Waals surface area contributed by atoms with E-state index in [1.54, 1.807) is 0 Å². The average Bonchev–Trinajstić information content (AvgIpc) is 2.57. The summed E-state index contributed by atoms with van der Waals surface area (Å²) in [5.74, 6) is 0.667. The molecule has 0 radical (unpaired) electrons. The van der Waals surface area contributed by atoms with Crippen molar-refractivity contribution >= 4 is 10.9 Å². The van der Waals surface area contributed by atoms with Gasteiger partial charge >= 0.3 is 0 Å². The average molecular weight is 327 g/mol. The summed E-state index contributed by atoms with van der Waals surface area (Å²) in [6.45, 7) is 10.0. The first-order valence-corrected chi connectivity index (χ1v) is 9.07. The highest BCUT2D eigenvalue weighted by Gasteiger charge is 2.27. The van der Waals surface area contributed by atoms with Crippen LogP contribution in [0.3, 0.4) is 0 Å². The second-order valence-corrected chi connectivity index (χ2v) is 7.28. The van der Waals surface area contributed by atoms with Gasteiger partial charge in [0, 0.05) is 57.0 Å². The van der Waals surface area contributed by atoms with Crippen molar-refractivity contribution in [3.63, 3.8) is 0 Å². The fraction of sp³-hybridized carbons (Fsp3) is 0.550. The van der Waals surface area contributed by atoms with Gasteiger partial charge in [-0.1, -0.05) is 38.1 Å². The van der Waals surface area contributed by atoms with Crippen molar-refractivity contribution < 1.29 is 5.11 Å². The van der Waals surface area contributed by atoms with Crippen LogP contribution in [0.1, 0.15) is 25.8 Å². The number of nitrogens with zero attached hydrogens (tertiary/aromatic N) is 3. The van der Waals surface area contributed by atoms with Gasteiger partial charge in [0.2, 0.25) is 0 Å². The lowest BCUT2D eigenvalue weighted by molar-refractivity contribution is 0.0478. The van der Waals surface area contributed by atoms with Gasteiger partial charge in [0.15, 0.2) is 0 Å². The van der Waals surface area contributed by atoms with Crippen LogP contribution < -0.4 is 0 Å². The SMILES string of the molecule is CC(C)CN1CCN(Cc2cccc3cccnc23)C[C@H]1CCO. The Kier molecular flexibility index (Phi) is 5.82. The Morgan fingerprint density at radius 3 is 2.83 bits per heavy atom. The zero-order chi connectivity index (χ0) is 16.9. The van der Waals surface area contributed by atoms with Crippen molar-refractivity contribution in [3.05, 3.63) is 42.1 Å². The van der Waals surface area contributed by atoms with E-state index in [9.17, 15) is 5.11 Å². The number of hydrogen-bond acceptors (Lipinski definition) is 4. The molecular weight excluding hydrogens is 298 g/mol. The third-order valence-corrected chi connectivity index (χ3v) is 4.86. The molecule has 0 spiro atoms. The number of pyridine rings is 1. The quantitative estimate of drug-likeness (QED) is 0.885. The van der Waals surface area contributed by atoms with Crippen LogP contribution in [-0.4, -0.2) is 58.7 Å². The van der Waals surface area contributed by atoms with Crippen LogP contribution >= 0.6 is 0 Å². The van der Waals surface area contributed by atoms with E-state index in [1.807, 2.05) is 12.3 Å². The molecule has 1 aromatic heterocycles. The summed E-state index contributed by atoms with van der Waals surface area (Å²) in [5, 5.41) is 10.6. The monoisotopic (exact) mass is 327 g/mol. The maximum Gasteiger partial charge on any atom is 0.0746 e. The van der Waals surface area contributed by atoms with E-state index in [4.69, 9.17) is 0 Å². The highest BCUT2D eigenvalue weighted by molar-refractivity contribution is 5.81. The molecule has 0 aliphatic carbocycles. The molecule has 4 heteroatoms. The zero-order valence-corrected chi connectivity index (χ0v) is 14.9. The Morgan fingerprint density at radius 2 is 2.04 bits per heavy atom. The molecule has 0 saturated carbocycles. The van der Waals surface area contributed by atoms with E-state index in [0.717, 1.165) is 44.7 Å². The summed E-state index contributed by atoms with van der Waals surface area (Å²) < 4.78 is 0. The highest BCUT2D eigenvalue weighted by Crippen LogP contribution is 2.21. The molecular formula is C20H29N3O. The topological polar surface area (TPSA) is 39.6 Å². The van der Waals surface area contributed by atoms with Crippen LogP contribution in [0.25, 0.3) is 10.9 Å². The van der Waals surface area contributed by atoms with Gasteiger partial charge in [0.1, 0.15) is 0 Å². The zero-order valence-electron chi connectivity index (χ0n) is 14.9. The van der Waals surface area contributed by atoms with Crippen molar-refractivity contribution in [2.24, 2.45) is 5.92 Å². The van der Waals surface area contributed by atoms with E-state index in [2.05, 4.69) is 52.9 Å². The summed E-state index contributed by atoms with van der Waals surface area (Å²) in [7, 11) is 0. The molecule has 2 aromatic rings. The molecule has 1 aromatic carbocycles. The van der Waals surface area contributed by atoms with Gasteiger partial charge in [-0.05, 0) is 24.0 Å². The lowest BCUT2D eigenvalue weighted by Crippen LogP contribution is -2.53. The van der Waals surface area contributed by atoms with Gasteiger partial charge in [0.05, 0.1) is 5.52 Å². The van der Waals surface area contributed by atoms with Gasteiger partial charge in [-0.15, -0.1) is 0 Å². The number of aliphatic hydroxyl groups excluding tert-OH is 1. The Bertz CT molecular complexity index is 653. The minimum atomic E-state index is 0.267.